The zero-order valence-corrected chi connectivity index (χ0v) is 18.1. The Balaban J connectivity index is 1.64. The summed E-state index contributed by atoms with van der Waals surface area (Å²) in [6.07, 6.45) is 8.24. The van der Waals surface area contributed by atoms with Crippen molar-refractivity contribution in [3.63, 3.8) is 0 Å². The molecular weight excluding hydrogens is 372 g/mol. The fourth-order valence-corrected chi connectivity index (χ4v) is 3.37. The number of benzene rings is 2. The van der Waals surface area contributed by atoms with E-state index in [9.17, 15) is 4.79 Å². The lowest BCUT2D eigenvalue weighted by Crippen LogP contribution is -2.14. The van der Waals surface area contributed by atoms with Gasteiger partial charge in [0.25, 0.3) is 0 Å². The van der Waals surface area contributed by atoms with Crippen molar-refractivity contribution in [2.45, 2.75) is 59.0 Å². The van der Waals surface area contributed by atoms with Crippen molar-refractivity contribution in [3.8, 4) is 11.1 Å². The molecule has 0 aliphatic rings. The summed E-state index contributed by atoms with van der Waals surface area (Å²) in [6.45, 7) is 6.26. The van der Waals surface area contributed by atoms with Gasteiger partial charge in [-0.1, -0.05) is 80.8 Å². The Morgan fingerprint density at radius 3 is 2.07 bits per heavy atom. The second kappa shape index (κ2) is 10.7. The van der Waals surface area contributed by atoms with E-state index in [1.165, 1.54) is 24.0 Å². The maximum atomic E-state index is 12.5. The third-order valence-electron chi connectivity index (χ3n) is 5.24. The molecule has 0 aliphatic heterocycles. The van der Waals surface area contributed by atoms with Gasteiger partial charge in [0, 0.05) is 12.4 Å². The lowest BCUT2D eigenvalue weighted by molar-refractivity contribution is 0.0273. The Bertz CT molecular complexity index is 932. The quantitative estimate of drug-likeness (QED) is 0.303. The average molecular weight is 403 g/mol. The minimum atomic E-state index is -0.482. The number of carbonyl (C=O) groups is 1. The van der Waals surface area contributed by atoms with Gasteiger partial charge in [-0.25, -0.2) is 14.8 Å². The molecule has 0 N–H and O–H groups in total. The van der Waals surface area contributed by atoms with Crippen LogP contribution in [0.2, 0.25) is 0 Å². The molecule has 156 valence electrons. The van der Waals surface area contributed by atoms with Gasteiger partial charge in [-0.2, -0.15) is 0 Å². The number of aromatic nitrogens is 2. The Morgan fingerprint density at radius 1 is 0.900 bits per heavy atom. The summed E-state index contributed by atoms with van der Waals surface area (Å²) >= 11 is 0. The molecule has 1 aromatic heterocycles. The Morgan fingerprint density at radius 2 is 1.50 bits per heavy atom. The first kappa shape index (κ1) is 21.7. The normalized spacial score (nSPS) is 11.8. The third-order valence-corrected chi connectivity index (χ3v) is 5.24. The van der Waals surface area contributed by atoms with Crippen LogP contribution in [-0.4, -0.2) is 15.9 Å². The molecule has 1 atom stereocenters. The van der Waals surface area contributed by atoms with Crippen molar-refractivity contribution in [1.82, 2.24) is 9.97 Å². The molecule has 3 rings (SSSR count). The maximum Gasteiger partial charge on any atom is 0.376 e. The summed E-state index contributed by atoms with van der Waals surface area (Å²) in [4.78, 5) is 21.0. The van der Waals surface area contributed by atoms with E-state index >= 15 is 0 Å². The van der Waals surface area contributed by atoms with Crippen molar-refractivity contribution in [3.05, 3.63) is 83.4 Å². The molecule has 0 amide bonds. The van der Waals surface area contributed by atoms with Gasteiger partial charge in [-0.15, -0.1) is 0 Å². The number of rotatable bonds is 9. The molecule has 0 spiro atoms. The van der Waals surface area contributed by atoms with Crippen molar-refractivity contribution in [2.75, 3.05) is 0 Å². The molecule has 4 heteroatoms. The van der Waals surface area contributed by atoms with Gasteiger partial charge in [-0.3, -0.25) is 0 Å². The van der Waals surface area contributed by atoms with Gasteiger partial charge in [0.1, 0.15) is 6.10 Å². The SMILES string of the molecule is CCCCCc1cnc(C(=O)OC(CC)c2ccc(-c3ccc(C)cc3)cc2)nc1. The van der Waals surface area contributed by atoms with Gasteiger partial charge in [0.2, 0.25) is 5.82 Å². The third kappa shape index (κ3) is 5.76. The van der Waals surface area contributed by atoms with Gasteiger partial charge >= 0.3 is 5.97 Å². The Labute approximate surface area is 179 Å². The fourth-order valence-electron chi connectivity index (χ4n) is 3.37. The van der Waals surface area contributed by atoms with Crippen LogP contribution in [0.5, 0.6) is 0 Å². The molecule has 0 aliphatic carbocycles. The lowest BCUT2D eigenvalue weighted by Gasteiger charge is -2.16. The molecule has 0 radical (unpaired) electrons. The predicted octanol–water partition coefficient (Wildman–Crippen LogP) is 6.49. The number of ether oxygens (including phenoxy) is 1. The first-order chi connectivity index (χ1) is 14.6. The number of unbranched alkanes of at least 4 members (excludes halogenated alkanes) is 2. The molecule has 0 fully saturated rings. The molecule has 0 saturated carbocycles. The van der Waals surface area contributed by atoms with E-state index in [-0.39, 0.29) is 11.9 Å². The number of aryl methyl sites for hydroxylation is 2. The van der Waals surface area contributed by atoms with E-state index in [0.29, 0.717) is 6.42 Å². The van der Waals surface area contributed by atoms with Crippen molar-refractivity contribution in [2.24, 2.45) is 0 Å². The highest BCUT2D eigenvalue weighted by Crippen LogP contribution is 2.26. The van der Waals surface area contributed by atoms with E-state index in [1.54, 1.807) is 12.4 Å². The van der Waals surface area contributed by atoms with Crippen LogP contribution in [0.3, 0.4) is 0 Å². The van der Waals surface area contributed by atoms with E-state index < -0.39 is 5.97 Å². The highest BCUT2D eigenvalue weighted by Gasteiger charge is 2.18. The van der Waals surface area contributed by atoms with Crippen LogP contribution in [0.15, 0.2) is 60.9 Å². The summed E-state index contributed by atoms with van der Waals surface area (Å²) in [5.74, 6) is -0.367. The van der Waals surface area contributed by atoms with E-state index in [4.69, 9.17) is 4.74 Å². The van der Waals surface area contributed by atoms with Crippen LogP contribution in [0.4, 0.5) is 0 Å². The zero-order valence-electron chi connectivity index (χ0n) is 18.1. The minimum absolute atomic E-state index is 0.115. The first-order valence-corrected chi connectivity index (χ1v) is 10.8. The highest BCUT2D eigenvalue weighted by molar-refractivity contribution is 5.85. The zero-order chi connectivity index (χ0) is 21.3. The van der Waals surface area contributed by atoms with Crippen LogP contribution >= 0.6 is 0 Å². The lowest BCUT2D eigenvalue weighted by atomic mass is 10.0. The second-order valence-electron chi connectivity index (χ2n) is 7.66. The number of nitrogens with zero attached hydrogens (tertiary/aromatic N) is 2. The molecule has 1 unspecified atom stereocenters. The number of hydrogen-bond acceptors (Lipinski definition) is 4. The monoisotopic (exact) mass is 402 g/mol. The fraction of sp³-hybridized carbons (Fsp3) is 0.346. The summed E-state index contributed by atoms with van der Waals surface area (Å²) in [6, 6.07) is 16.6. The highest BCUT2D eigenvalue weighted by atomic mass is 16.5. The van der Waals surface area contributed by atoms with Crippen molar-refractivity contribution >= 4 is 5.97 Å². The molecule has 4 nitrogen and oxygen atoms in total. The smallest absolute Gasteiger partial charge is 0.376 e. The second-order valence-corrected chi connectivity index (χ2v) is 7.66. The molecule has 3 aromatic rings. The van der Waals surface area contributed by atoms with Gasteiger partial charge < -0.3 is 4.74 Å². The van der Waals surface area contributed by atoms with Gasteiger partial charge in [0.15, 0.2) is 0 Å². The molecule has 0 bridgehead atoms. The van der Waals surface area contributed by atoms with Crippen LogP contribution in [0, 0.1) is 6.92 Å². The number of carbonyl (C=O) groups excluding carboxylic acids is 1. The topological polar surface area (TPSA) is 52.1 Å². The minimum Gasteiger partial charge on any atom is -0.452 e. The van der Waals surface area contributed by atoms with Gasteiger partial charge in [-0.05, 0) is 48.4 Å². The molecule has 30 heavy (non-hydrogen) atoms. The molecule has 0 saturated heterocycles. The number of hydrogen-bond donors (Lipinski definition) is 0. The Kier molecular flexibility index (Phi) is 7.72. The summed E-state index contributed by atoms with van der Waals surface area (Å²) in [7, 11) is 0. The number of esters is 1. The largest absolute Gasteiger partial charge is 0.452 e. The van der Waals surface area contributed by atoms with Crippen molar-refractivity contribution < 1.29 is 9.53 Å². The molecule has 2 aromatic carbocycles. The molecule has 1 heterocycles. The van der Waals surface area contributed by atoms with Crippen LogP contribution in [0.1, 0.15) is 72.9 Å². The van der Waals surface area contributed by atoms with Crippen LogP contribution in [-0.2, 0) is 11.2 Å². The van der Waals surface area contributed by atoms with Crippen LogP contribution in [0.25, 0.3) is 11.1 Å². The predicted molar refractivity (Wildman–Crippen MR) is 120 cm³/mol. The van der Waals surface area contributed by atoms with E-state index in [0.717, 1.165) is 29.5 Å². The summed E-state index contributed by atoms with van der Waals surface area (Å²) < 4.78 is 5.71. The summed E-state index contributed by atoms with van der Waals surface area (Å²) in [5, 5.41) is 0. The standard InChI is InChI=1S/C26H30N2O2/c1-4-6-7-8-20-17-27-25(28-18-20)26(29)30-24(5-2)23-15-13-22(14-16-23)21-11-9-19(3)10-12-21/h9-18,24H,4-8H2,1-3H3. The van der Waals surface area contributed by atoms with Crippen molar-refractivity contribution in [1.29, 1.82) is 0 Å². The van der Waals surface area contributed by atoms with Gasteiger partial charge in [0.05, 0.1) is 0 Å². The Hall–Kier alpha value is -3.01. The summed E-state index contributed by atoms with van der Waals surface area (Å²) in [5.41, 5.74) is 5.58. The van der Waals surface area contributed by atoms with E-state index in [1.807, 2.05) is 19.1 Å². The molecular formula is C26H30N2O2. The maximum absolute atomic E-state index is 12.5. The van der Waals surface area contributed by atoms with Crippen LogP contribution < -0.4 is 0 Å². The van der Waals surface area contributed by atoms with E-state index in [2.05, 4.69) is 60.2 Å². The average Bonchev–Trinajstić information content (AvgIpc) is 2.79. The first-order valence-electron chi connectivity index (χ1n) is 10.8.